The van der Waals surface area contributed by atoms with E-state index in [9.17, 15) is 18.4 Å². The summed E-state index contributed by atoms with van der Waals surface area (Å²) in [6.45, 7) is -0.580. The molecule has 0 aliphatic carbocycles. The lowest BCUT2D eigenvalue weighted by Gasteiger charge is -2.07. The van der Waals surface area contributed by atoms with Gasteiger partial charge in [0.05, 0.1) is 5.69 Å². The molecule has 0 spiro atoms. The van der Waals surface area contributed by atoms with Crippen LogP contribution in [0.25, 0.3) is 10.1 Å². The normalized spacial score (nSPS) is 10.7. The molecule has 0 fully saturated rings. The van der Waals surface area contributed by atoms with Gasteiger partial charge >= 0.3 is 5.97 Å². The number of thiophene rings is 1. The molecule has 0 aliphatic rings. The molecule has 1 aromatic heterocycles. The number of esters is 1. The summed E-state index contributed by atoms with van der Waals surface area (Å²) in [7, 11) is 0. The molecule has 25 heavy (non-hydrogen) atoms. The second-order valence-corrected chi connectivity index (χ2v) is 6.56. The maximum absolute atomic E-state index is 13.6. The molecule has 2 aromatic carbocycles. The number of carbonyl (C=O) groups is 2. The van der Waals surface area contributed by atoms with Crippen LogP contribution in [0.4, 0.5) is 14.5 Å². The Morgan fingerprint density at radius 3 is 2.68 bits per heavy atom. The number of hydrogen-bond acceptors (Lipinski definition) is 4. The third-order valence-electron chi connectivity index (χ3n) is 3.22. The molecule has 0 aliphatic heterocycles. The van der Waals surface area contributed by atoms with Crippen molar-refractivity contribution < 1.29 is 23.1 Å². The van der Waals surface area contributed by atoms with Gasteiger partial charge in [-0.2, -0.15) is 0 Å². The van der Waals surface area contributed by atoms with Crippen LogP contribution < -0.4 is 5.32 Å². The summed E-state index contributed by atoms with van der Waals surface area (Å²) in [5.74, 6) is -2.51. The lowest BCUT2D eigenvalue weighted by atomic mass is 10.2. The standard InChI is InChI=1S/C17H10ClF2NO3S/c18-10-1-3-13(12(20)7-10)21-16(22)8-24-17(23)15-6-9-5-11(19)2-4-14(9)25-15/h1-7H,8H2,(H,21,22). The summed E-state index contributed by atoms with van der Waals surface area (Å²) in [4.78, 5) is 24.0. The minimum absolute atomic E-state index is 0.0669. The zero-order chi connectivity index (χ0) is 18.0. The van der Waals surface area contributed by atoms with Gasteiger partial charge in [-0.25, -0.2) is 13.6 Å². The minimum Gasteiger partial charge on any atom is -0.451 e. The van der Waals surface area contributed by atoms with E-state index in [1.54, 1.807) is 6.07 Å². The molecule has 4 nitrogen and oxygen atoms in total. The van der Waals surface area contributed by atoms with E-state index in [1.165, 1.54) is 30.3 Å². The second-order valence-electron chi connectivity index (χ2n) is 5.04. The van der Waals surface area contributed by atoms with Gasteiger partial charge < -0.3 is 10.1 Å². The highest BCUT2D eigenvalue weighted by molar-refractivity contribution is 7.20. The van der Waals surface area contributed by atoms with E-state index in [0.717, 1.165) is 22.1 Å². The molecule has 8 heteroatoms. The largest absolute Gasteiger partial charge is 0.451 e. The van der Waals surface area contributed by atoms with E-state index < -0.39 is 30.1 Å². The van der Waals surface area contributed by atoms with Crippen LogP contribution in [0.1, 0.15) is 9.67 Å². The van der Waals surface area contributed by atoms with Gasteiger partial charge in [-0.05, 0) is 47.9 Å². The average molecular weight is 382 g/mol. The molecule has 1 N–H and O–H groups in total. The highest BCUT2D eigenvalue weighted by Gasteiger charge is 2.15. The van der Waals surface area contributed by atoms with Gasteiger partial charge in [-0.15, -0.1) is 11.3 Å². The molecule has 1 amide bonds. The number of carbonyl (C=O) groups excluding carboxylic acids is 2. The van der Waals surface area contributed by atoms with Crippen molar-refractivity contribution in [3.05, 3.63) is 64.0 Å². The molecule has 3 aromatic rings. The van der Waals surface area contributed by atoms with Gasteiger partial charge in [0.15, 0.2) is 6.61 Å². The van der Waals surface area contributed by atoms with Gasteiger partial charge in [0, 0.05) is 9.72 Å². The van der Waals surface area contributed by atoms with Crippen LogP contribution in [-0.4, -0.2) is 18.5 Å². The van der Waals surface area contributed by atoms with Crippen LogP contribution in [0.2, 0.25) is 5.02 Å². The highest BCUT2D eigenvalue weighted by atomic mass is 35.5. The number of ether oxygens (including phenoxy) is 1. The van der Waals surface area contributed by atoms with Crippen LogP contribution in [0.15, 0.2) is 42.5 Å². The van der Waals surface area contributed by atoms with Crippen LogP contribution in [-0.2, 0) is 9.53 Å². The van der Waals surface area contributed by atoms with Gasteiger partial charge in [0.2, 0.25) is 0 Å². The summed E-state index contributed by atoms with van der Waals surface area (Å²) in [6, 6.07) is 9.42. The fourth-order valence-electron chi connectivity index (χ4n) is 2.09. The molecule has 0 saturated carbocycles. The van der Waals surface area contributed by atoms with Crippen LogP contribution in [0.3, 0.4) is 0 Å². The predicted molar refractivity (Wildman–Crippen MR) is 92.1 cm³/mol. The first kappa shape index (κ1) is 17.3. The first-order chi connectivity index (χ1) is 11.9. The maximum atomic E-state index is 13.6. The molecule has 128 valence electrons. The highest BCUT2D eigenvalue weighted by Crippen LogP contribution is 2.26. The zero-order valence-electron chi connectivity index (χ0n) is 12.5. The lowest BCUT2D eigenvalue weighted by molar-refractivity contribution is -0.119. The summed E-state index contributed by atoms with van der Waals surface area (Å²) in [5, 5.41) is 3.05. The molecule has 0 unspecified atom stereocenters. The summed E-state index contributed by atoms with van der Waals surface area (Å²) < 4.78 is 32.4. The number of hydrogen-bond donors (Lipinski definition) is 1. The van der Waals surface area contributed by atoms with E-state index in [4.69, 9.17) is 16.3 Å². The van der Waals surface area contributed by atoms with E-state index in [0.29, 0.717) is 5.39 Å². The predicted octanol–water partition coefficient (Wildman–Crippen LogP) is 4.63. The first-order valence-corrected chi connectivity index (χ1v) is 8.23. The monoisotopic (exact) mass is 381 g/mol. The number of rotatable bonds is 4. The first-order valence-electron chi connectivity index (χ1n) is 7.03. The number of benzene rings is 2. The topological polar surface area (TPSA) is 55.4 Å². The Labute approximate surface area is 150 Å². The number of nitrogens with one attached hydrogen (secondary N) is 1. The summed E-state index contributed by atoms with van der Waals surface area (Å²) in [5.41, 5.74) is -0.0669. The third kappa shape index (κ3) is 4.12. The van der Waals surface area contributed by atoms with Crippen molar-refractivity contribution in [2.24, 2.45) is 0 Å². The van der Waals surface area contributed by atoms with E-state index in [1.807, 2.05) is 0 Å². The Morgan fingerprint density at radius 2 is 1.92 bits per heavy atom. The van der Waals surface area contributed by atoms with Crippen molar-refractivity contribution >= 4 is 50.6 Å². The zero-order valence-corrected chi connectivity index (χ0v) is 14.1. The number of fused-ring (bicyclic) bond motifs is 1. The van der Waals surface area contributed by atoms with Gasteiger partial charge in [-0.1, -0.05) is 11.6 Å². The Bertz CT molecular complexity index is 974. The lowest BCUT2D eigenvalue weighted by Crippen LogP contribution is -2.21. The van der Waals surface area contributed by atoms with Gasteiger partial charge in [-0.3, -0.25) is 4.79 Å². The second kappa shape index (κ2) is 7.16. The van der Waals surface area contributed by atoms with E-state index in [-0.39, 0.29) is 15.6 Å². The molecule has 0 bridgehead atoms. The Hall–Kier alpha value is -2.51. The maximum Gasteiger partial charge on any atom is 0.348 e. The van der Waals surface area contributed by atoms with Gasteiger partial charge in [0.25, 0.3) is 5.91 Å². The molecular formula is C17H10ClF2NO3S. The summed E-state index contributed by atoms with van der Waals surface area (Å²) >= 11 is 6.75. The fraction of sp³-hybridized carbons (Fsp3) is 0.0588. The quantitative estimate of drug-likeness (QED) is 0.670. The van der Waals surface area contributed by atoms with Crippen molar-refractivity contribution in [3.8, 4) is 0 Å². The number of halogens is 3. The SMILES string of the molecule is O=C(COC(=O)c1cc2cc(F)ccc2s1)Nc1ccc(Cl)cc1F. The van der Waals surface area contributed by atoms with Crippen molar-refractivity contribution in [2.45, 2.75) is 0 Å². The smallest absolute Gasteiger partial charge is 0.348 e. The molecule has 0 atom stereocenters. The fourth-order valence-corrected chi connectivity index (χ4v) is 3.19. The molecule has 1 heterocycles. The third-order valence-corrected chi connectivity index (χ3v) is 4.55. The molecule has 3 rings (SSSR count). The minimum atomic E-state index is -0.715. The molecule has 0 radical (unpaired) electrons. The van der Waals surface area contributed by atoms with E-state index in [2.05, 4.69) is 5.32 Å². The van der Waals surface area contributed by atoms with Crippen LogP contribution >= 0.6 is 22.9 Å². The average Bonchev–Trinajstić information content (AvgIpc) is 2.98. The molecular weight excluding hydrogens is 372 g/mol. The van der Waals surface area contributed by atoms with Crippen molar-refractivity contribution in [3.63, 3.8) is 0 Å². The Kier molecular flexibility index (Phi) is 4.96. The van der Waals surface area contributed by atoms with Crippen molar-refractivity contribution in [1.29, 1.82) is 0 Å². The number of anilines is 1. The summed E-state index contributed by atoms with van der Waals surface area (Å²) in [6.07, 6.45) is 0. The van der Waals surface area contributed by atoms with Crippen LogP contribution in [0, 0.1) is 11.6 Å². The van der Waals surface area contributed by atoms with E-state index >= 15 is 0 Å². The Morgan fingerprint density at radius 1 is 1.12 bits per heavy atom. The van der Waals surface area contributed by atoms with Crippen LogP contribution in [0.5, 0.6) is 0 Å². The van der Waals surface area contributed by atoms with Crippen molar-refractivity contribution in [1.82, 2.24) is 0 Å². The number of amides is 1. The van der Waals surface area contributed by atoms with Gasteiger partial charge in [0.1, 0.15) is 16.5 Å². The van der Waals surface area contributed by atoms with Crippen molar-refractivity contribution in [2.75, 3.05) is 11.9 Å². The Balaban J connectivity index is 1.61. The molecule has 0 saturated heterocycles.